The average molecular weight is 461 g/mol. The molecule has 34 heavy (non-hydrogen) atoms. The molecule has 8 nitrogen and oxygen atoms in total. The second-order valence-corrected chi connectivity index (χ2v) is 7.12. The van der Waals surface area contributed by atoms with Crippen molar-refractivity contribution in [2.75, 3.05) is 19.0 Å². The van der Waals surface area contributed by atoms with Gasteiger partial charge in [-0.2, -0.15) is 0 Å². The number of nitrogens with one attached hydrogen (secondary N) is 1. The normalized spacial score (nSPS) is 10.6. The topological polar surface area (TPSA) is 112 Å². The summed E-state index contributed by atoms with van der Waals surface area (Å²) in [6.45, 7) is -0.440. The van der Waals surface area contributed by atoms with Gasteiger partial charge in [0, 0.05) is 17.7 Å². The molecule has 0 atom stereocenters. The summed E-state index contributed by atoms with van der Waals surface area (Å²) in [4.78, 5) is 48.4. The number of ether oxygens (including phenoxy) is 2. The molecule has 1 N–H and O–H groups in total. The smallest absolute Gasteiger partial charge is 0.306 e. The molecule has 0 unspecified atom stereocenters. The minimum Gasteiger partial charge on any atom is -0.496 e. The van der Waals surface area contributed by atoms with Crippen LogP contribution in [0.15, 0.2) is 77.4 Å². The van der Waals surface area contributed by atoms with Crippen LogP contribution in [-0.2, 0) is 14.3 Å². The lowest BCUT2D eigenvalue weighted by molar-refractivity contribution is -0.143. The van der Waals surface area contributed by atoms with Crippen LogP contribution in [0.3, 0.4) is 0 Å². The summed E-state index contributed by atoms with van der Waals surface area (Å²) in [5.41, 5.74) is 1.24. The van der Waals surface area contributed by atoms with Gasteiger partial charge in [-0.3, -0.25) is 19.2 Å². The Balaban J connectivity index is 1.41. The van der Waals surface area contributed by atoms with Gasteiger partial charge >= 0.3 is 5.97 Å². The number of esters is 1. The van der Waals surface area contributed by atoms with E-state index in [9.17, 15) is 19.2 Å². The number of rotatable bonds is 11. The third kappa shape index (κ3) is 7.03. The number of furan rings is 1. The average Bonchev–Trinajstić information content (AvgIpc) is 3.38. The number of para-hydroxylation sites is 1. The Kier molecular flexibility index (Phi) is 8.51. The number of hydrogen-bond donors (Lipinski definition) is 1. The van der Waals surface area contributed by atoms with E-state index >= 15 is 0 Å². The Bertz CT molecular complexity index is 1180. The molecule has 0 spiro atoms. The quantitative estimate of drug-likeness (QED) is 0.257. The summed E-state index contributed by atoms with van der Waals surface area (Å²) in [7, 11) is 1.45. The molecule has 8 heteroatoms. The van der Waals surface area contributed by atoms with Crippen molar-refractivity contribution in [2.24, 2.45) is 0 Å². The molecule has 2 aromatic carbocycles. The summed E-state index contributed by atoms with van der Waals surface area (Å²) in [6, 6.07) is 16.4. The van der Waals surface area contributed by atoms with Crippen LogP contribution in [0.2, 0.25) is 0 Å². The zero-order valence-corrected chi connectivity index (χ0v) is 18.5. The van der Waals surface area contributed by atoms with Crippen LogP contribution in [0.25, 0.3) is 6.08 Å². The Labute approximate surface area is 196 Å². The van der Waals surface area contributed by atoms with E-state index in [0.29, 0.717) is 28.3 Å². The first-order chi connectivity index (χ1) is 16.5. The Morgan fingerprint density at radius 2 is 1.71 bits per heavy atom. The minimum absolute atomic E-state index is 0.117. The number of benzene rings is 2. The fourth-order valence-electron chi connectivity index (χ4n) is 2.97. The van der Waals surface area contributed by atoms with Crippen LogP contribution < -0.4 is 10.1 Å². The number of ketones is 2. The van der Waals surface area contributed by atoms with E-state index in [0.717, 1.165) is 0 Å². The number of carbonyl (C=O) groups excluding carboxylic acids is 4. The van der Waals surface area contributed by atoms with Gasteiger partial charge in [-0.25, -0.2) is 0 Å². The molecule has 1 amide bonds. The molecule has 0 fully saturated rings. The van der Waals surface area contributed by atoms with E-state index in [-0.39, 0.29) is 18.6 Å². The number of hydrogen-bond acceptors (Lipinski definition) is 7. The third-order valence-electron chi connectivity index (χ3n) is 4.72. The first-order valence-electron chi connectivity index (χ1n) is 10.4. The second kappa shape index (κ2) is 12.0. The van der Waals surface area contributed by atoms with E-state index in [1.54, 1.807) is 66.7 Å². The van der Waals surface area contributed by atoms with Crippen LogP contribution in [0.4, 0.5) is 5.69 Å². The Hall–Kier alpha value is -4.46. The first kappa shape index (κ1) is 24.2. The molecule has 1 aromatic heterocycles. The summed E-state index contributed by atoms with van der Waals surface area (Å²) >= 11 is 0. The van der Waals surface area contributed by atoms with Crippen molar-refractivity contribution in [3.8, 4) is 5.75 Å². The molecular formula is C26H23NO7. The van der Waals surface area contributed by atoms with Gasteiger partial charge in [0.25, 0.3) is 0 Å². The second-order valence-electron chi connectivity index (χ2n) is 7.12. The molecular weight excluding hydrogens is 438 g/mol. The van der Waals surface area contributed by atoms with Gasteiger partial charge in [-0.05, 0) is 60.7 Å². The predicted octanol–water partition coefficient (Wildman–Crippen LogP) is 4.33. The summed E-state index contributed by atoms with van der Waals surface area (Å²) < 4.78 is 15.2. The standard InChI is InChI=1S/C26H23NO7/c1-32-24-7-3-2-6-21(24)23(29)17-34-26(31)15-14-25(30)27-19-10-8-18(9-11-19)22(28)13-12-20-5-4-16-33-20/h2-13,16H,14-15,17H2,1H3,(H,27,30)/b13-12+. The molecule has 0 aliphatic rings. The van der Waals surface area contributed by atoms with Crippen molar-refractivity contribution < 1.29 is 33.1 Å². The largest absolute Gasteiger partial charge is 0.496 e. The van der Waals surface area contributed by atoms with Crippen molar-refractivity contribution in [2.45, 2.75) is 12.8 Å². The molecule has 0 radical (unpaired) electrons. The minimum atomic E-state index is -0.664. The van der Waals surface area contributed by atoms with Crippen molar-refractivity contribution in [1.82, 2.24) is 0 Å². The number of methoxy groups -OCH3 is 1. The molecule has 0 bridgehead atoms. The van der Waals surface area contributed by atoms with Gasteiger partial charge in [0.15, 0.2) is 12.4 Å². The number of allylic oxidation sites excluding steroid dienone is 1. The Morgan fingerprint density at radius 3 is 2.41 bits per heavy atom. The summed E-state index contributed by atoms with van der Waals surface area (Å²) in [6.07, 6.45) is 4.19. The lowest BCUT2D eigenvalue weighted by Gasteiger charge is -2.08. The van der Waals surface area contributed by atoms with Crippen molar-refractivity contribution in [1.29, 1.82) is 0 Å². The first-order valence-corrected chi connectivity index (χ1v) is 10.4. The number of Topliss-reactive ketones (excluding diaryl/α,β-unsaturated/α-hetero) is 1. The molecule has 0 aliphatic heterocycles. The molecule has 0 saturated carbocycles. The molecule has 3 aromatic rings. The maximum Gasteiger partial charge on any atom is 0.306 e. The lowest BCUT2D eigenvalue weighted by atomic mass is 10.1. The third-order valence-corrected chi connectivity index (χ3v) is 4.72. The molecule has 0 aliphatic carbocycles. The maximum atomic E-state index is 12.2. The van der Waals surface area contributed by atoms with Crippen LogP contribution in [0, 0.1) is 0 Å². The van der Waals surface area contributed by atoms with Gasteiger partial charge in [0.1, 0.15) is 11.5 Å². The predicted molar refractivity (Wildman–Crippen MR) is 125 cm³/mol. The highest BCUT2D eigenvalue weighted by atomic mass is 16.5. The van der Waals surface area contributed by atoms with Gasteiger partial charge in [0.05, 0.1) is 25.4 Å². The van der Waals surface area contributed by atoms with Gasteiger partial charge in [0.2, 0.25) is 11.7 Å². The molecule has 174 valence electrons. The highest BCUT2D eigenvalue weighted by molar-refractivity contribution is 6.07. The molecule has 1 heterocycles. The van der Waals surface area contributed by atoms with Gasteiger partial charge in [-0.15, -0.1) is 0 Å². The number of carbonyl (C=O) groups is 4. The van der Waals surface area contributed by atoms with Crippen molar-refractivity contribution >= 4 is 35.2 Å². The van der Waals surface area contributed by atoms with Crippen LogP contribution in [0.1, 0.15) is 39.3 Å². The summed E-state index contributed by atoms with van der Waals surface area (Å²) in [5.74, 6) is -0.708. The van der Waals surface area contributed by atoms with E-state index in [1.165, 1.54) is 19.4 Å². The molecule has 3 rings (SSSR count). The fourth-order valence-corrected chi connectivity index (χ4v) is 2.97. The highest BCUT2D eigenvalue weighted by Crippen LogP contribution is 2.18. The molecule has 0 saturated heterocycles. The van der Waals surface area contributed by atoms with Gasteiger partial charge in [-0.1, -0.05) is 12.1 Å². The number of amides is 1. The van der Waals surface area contributed by atoms with Gasteiger partial charge < -0.3 is 19.2 Å². The zero-order valence-electron chi connectivity index (χ0n) is 18.5. The van der Waals surface area contributed by atoms with E-state index in [2.05, 4.69) is 5.32 Å². The zero-order chi connectivity index (χ0) is 24.3. The van der Waals surface area contributed by atoms with E-state index in [1.807, 2.05) is 0 Å². The highest BCUT2D eigenvalue weighted by Gasteiger charge is 2.15. The lowest BCUT2D eigenvalue weighted by Crippen LogP contribution is -2.17. The monoisotopic (exact) mass is 461 g/mol. The Morgan fingerprint density at radius 1 is 0.941 bits per heavy atom. The maximum absolute atomic E-state index is 12.2. The van der Waals surface area contributed by atoms with Crippen LogP contribution in [-0.4, -0.2) is 37.2 Å². The SMILES string of the molecule is COc1ccccc1C(=O)COC(=O)CCC(=O)Nc1ccc(C(=O)/C=C/c2ccco2)cc1. The number of anilines is 1. The fraction of sp³-hybridized carbons (Fsp3) is 0.154. The van der Waals surface area contributed by atoms with E-state index in [4.69, 9.17) is 13.9 Å². The van der Waals surface area contributed by atoms with Crippen molar-refractivity contribution in [3.05, 3.63) is 89.9 Å². The summed E-state index contributed by atoms with van der Waals surface area (Å²) in [5, 5.41) is 2.65. The van der Waals surface area contributed by atoms with E-state index < -0.39 is 24.3 Å². The van der Waals surface area contributed by atoms with Crippen molar-refractivity contribution in [3.63, 3.8) is 0 Å². The van der Waals surface area contributed by atoms with Crippen LogP contribution in [0.5, 0.6) is 5.75 Å². The van der Waals surface area contributed by atoms with Crippen LogP contribution >= 0.6 is 0 Å².